The fraction of sp³-hybridized carbons (Fsp3) is 0.750. The van der Waals surface area contributed by atoms with Gasteiger partial charge >= 0.3 is 11.9 Å². The van der Waals surface area contributed by atoms with E-state index in [1.807, 2.05) is 0 Å². The topological polar surface area (TPSA) is 88.1 Å². The zero-order valence-corrected chi connectivity index (χ0v) is 18.9. The fourth-order valence-corrected chi connectivity index (χ4v) is 4.74. The molecule has 8 heteroatoms. The van der Waals surface area contributed by atoms with Crippen LogP contribution in [0.5, 0.6) is 0 Å². The minimum absolute atomic E-state index is 0.0775. The van der Waals surface area contributed by atoms with E-state index >= 15 is 0 Å². The molecule has 0 aliphatic carbocycles. The van der Waals surface area contributed by atoms with Crippen LogP contribution in [-0.4, -0.2) is 58.6 Å². The number of carbonyl (C=O) groups excluding carboxylic acids is 3. The Morgan fingerprint density at radius 2 is 1.79 bits per heavy atom. The molecule has 0 radical (unpaired) electrons. The van der Waals surface area contributed by atoms with E-state index in [0.717, 1.165) is 0 Å². The molecule has 1 saturated heterocycles. The Hall–Kier alpha value is -1.51. The smallest absolute Gasteiger partial charge is 0.313 e. The van der Waals surface area contributed by atoms with Gasteiger partial charge in [0.2, 0.25) is 0 Å². The first-order chi connectivity index (χ1) is 12.9. The Morgan fingerprint density at radius 3 is 2.32 bits per heavy atom. The molecule has 0 aromatic carbocycles. The van der Waals surface area contributed by atoms with Gasteiger partial charge in [-0.15, -0.1) is 0 Å². The van der Waals surface area contributed by atoms with E-state index in [9.17, 15) is 14.4 Å². The number of esters is 2. The van der Waals surface area contributed by atoms with Gasteiger partial charge < -0.3 is 18.6 Å². The highest BCUT2D eigenvalue weighted by molar-refractivity contribution is 6.74. The maximum Gasteiger partial charge on any atom is 0.313 e. The van der Waals surface area contributed by atoms with E-state index < -0.39 is 43.8 Å². The van der Waals surface area contributed by atoms with Crippen molar-refractivity contribution in [3.63, 3.8) is 0 Å². The Kier molecular flexibility index (Phi) is 6.57. The second-order valence-electron chi connectivity index (χ2n) is 8.96. The highest BCUT2D eigenvalue weighted by Gasteiger charge is 2.65. The van der Waals surface area contributed by atoms with Crippen LogP contribution in [0.25, 0.3) is 0 Å². The van der Waals surface area contributed by atoms with Crippen LogP contribution in [-0.2, 0) is 33.0 Å². The number of hydrogen-bond donors (Lipinski definition) is 0. The van der Waals surface area contributed by atoms with Gasteiger partial charge in [-0.25, -0.2) is 0 Å². The second-order valence-corrected chi connectivity index (χ2v) is 13.8. The number of carbonyl (C=O) groups is 3. The molecule has 0 unspecified atom stereocenters. The molecule has 2 rings (SSSR count). The lowest BCUT2D eigenvalue weighted by Crippen LogP contribution is -2.50. The molecule has 1 fully saturated rings. The summed E-state index contributed by atoms with van der Waals surface area (Å²) in [6.45, 7) is 11.3. The average molecular weight is 413 g/mol. The van der Waals surface area contributed by atoms with E-state index in [1.54, 1.807) is 0 Å². The Labute approximate surface area is 167 Å². The van der Waals surface area contributed by atoms with Crippen molar-refractivity contribution >= 4 is 26.0 Å². The first kappa shape index (κ1) is 22.8. The number of ketones is 1. The summed E-state index contributed by atoms with van der Waals surface area (Å²) >= 11 is 0. The molecule has 2 aliphatic rings. The van der Waals surface area contributed by atoms with Gasteiger partial charge in [-0.3, -0.25) is 14.4 Å². The third-order valence-electron chi connectivity index (χ3n) is 6.31. The molecule has 4 atom stereocenters. The lowest BCUT2D eigenvalue weighted by Gasteiger charge is -2.37. The van der Waals surface area contributed by atoms with Crippen molar-refractivity contribution in [2.75, 3.05) is 20.8 Å². The minimum atomic E-state index is -1.92. The molecule has 2 bridgehead atoms. The van der Waals surface area contributed by atoms with E-state index in [2.05, 4.69) is 33.9 Å². The van der Waals surface area contributed by atoms with Gasteiger partial charge in [0.25, 0.3) is 0 Å². The maximum absolute atomic E-state index is 12.8. The summed E-state index contributed by atoms with van der Waals surface area (Å²) in [5, 5.41) is 0.0775. The Bertz CT molecular complexity index is 664. The van der Waals surface area contributed by atoms with Crippen molar-refractivity contribution in [3.8, 4) is 0 Å². The van der Waals surface area contributed by atoms with E-state index in [0.29, 0.717) is 13.0 Å². The summed E-state index contributed by atoms with van der Waals surface area (Å²) in [6.07, 6.45) is 3.05. The summed E-state index contributed by atoms with van der Waals surface area (Å²) in [6, 6.07) is 0. The molecular weight excluding hydrogens is 380 g/mol. The minimum Gasteiger partial charge on any atom is -0.469 e. The molecule has 158 valence electrons. The second kappa shape index (κ2) is 8.08. The predicted octanol–water partition coefficient (Wildman–Crippen LogP) is 2.64. The largest absolute Gasteiger partial charge is 0.469 e. The van der Waals surface area contributed by atoms with Crippen LogP contribution in [0.1, 0.15) is 33.6 Å². The van der Waals surface area contributed by atoms with Gasteiger partial charge in [0, 0.05) is 6.61 Å². The zero-order valence-electron chi connectivity index (χ0n) is 17.9. The van der Waals surface area contributed by atoms with Crippen molar-refractivity contribution in [1.29, 1.82) is 0 Å². The van der Waals surface area contributed by atoms with Gasteiger partial charge in [-0.05, 0) is 37.0 Å². The molecule has 0 N–H and O–H groups in total. The summed E-state index contributed by atoms with van der Waals surface area (Å²) in [5.41, 5.74) is -1.41. The van der Waals surface area contributed by atoms with Gasteiger partial charge in [-0.2, -0.15) is 0 Å². The van der Waals surface area contributed by atoms with Crippen LogP contribution in [0, 0.1) is 11.8 Å². The normalized spacial score (nSPS) is 29.7. The SMILES string of the molecule is COC(=O)[C@H]1[C@@H]2C=CC(=O)[C@@](CCCO[Si](C)(C)C(C)(C)C)(O2)[C@@H]1C(=O)OC. The van der Waals surface area contributed by atoms with Crippen molar-refractivity contribution < 1.29 is 33.0 Å². The molecule has 0 aromatic rings. The molecule has 2 aliphatic heterocycles. The summed E-state index contributed by atoms with van der Waals surface area (Å²) < 4.78 is 22.0. The fourth-order valence-electron chi connectivity index (χ4n) is 3.65. The molecular formula is C20H32O7Si. The lowest BCUT2D eigenvalue weighted by atomic mass is 9.76. The maximum atomic E-state index is 12.8. The predicted molar refractivity (Wildman–Crippen MR) is 105 cm³/mol. The van der Waals surface area contributed by atoms with Gasteiger partial charge in [0.1, 0.15) is 17.4 Å². The number of methoxy groups -OCH3 is 2. The average Bonchev–Trinajstić information content (AvgIpc) is 2.90. The Balaban J connectivity index is 2.21. The molecule has 7 nitrogen and oxygen atoms in total. The van der Waals surface area contributed by atoms with Crippen LogP contribution < -0.4 is 0 Å². The molecule has 0 aromatic heterocycles. The lowest BCUT2D eigenvalue weighted by molar-refractivity contribution is -0.163. The first-order valence-corrected chi connectivity index (χ1v) is 12.5. The zero-order chi connectivity index (χ0) is 21.3. The number of fused-ring (bicyclic) bond motifs is 2. The first-order valence-electron chi connectivity index (χ1n) is 9.61. The molecule has 0 saturated carbocycles. The van der Waals surface area contributed by atoms with Crippen molar-refractivity contribution in [2.24, 2.45) is 11.8 Å². The van der Waals surface area contributed by atoms with Crippen molar-refractivity contribution in [3.05, 3.63) is 12.2 Å². The third-order valence-corrected chi connectivity index (χ3v) is 10.8. The molecule has 2 heterocycles. The molecule has 0 amide bonds. The standard InChI is InChI=1S/C20H32O7Si/c1-19(2,3)28(6,7)26-12-8-11-20-14(21)10-9-13(27-20)15(17(22)24-4)16(20)18(23)25-5/h9-10,13,15-16H,8,11-12H2,1-7H3/t13-,15-,16-,20+/m0/s1. The summed E-state index contributed by atoms with van der Waals surface area (Å²) in [4.78, 5) is 37.7. The summed E-state index contributed by atoms with van der Waals surface area (Å²) in [7, 11) is 0.574. The third kappa shape index (κ3) is 3.95. The van der Waals surface area contributed by atoms with Crippen LogP contribution >= 0.6 is 0 Å². The molecule has 0 spiro atoms. The highest BCUT2D eigenvalue weighted by atomic mass is 28.4. The van der Waals surface area contributed by atoms with E-state index in [-0.39, 0.29) is 17.2 Å². The number of ether oxygens (including phenoxy) is 3. The van der Waals surface area contributed by atoms with E-state index in [1.165, 1.54) is 26.4 Å². The van der Waals surface area contributed by atoms with Gasteiger partial charge in [-0.1, -0.05) is 26.8 Å². The molecule has 28 heavy (non-hydrogen) atoms. The highest BCUT2D eigenvalue weighted by Crippen LogP contribution is 2.48. The number of hydrogen-bond acceptors (Lipinski definition) is 7. The van der Waals surface area contributed by atoms with Crippen LogP contribution in [0.2, 0.25) is 18.1 Å². The summed E-state index contributed by atoms with van der Waals surface area (Å²) in [5.74, 6) is -3.48. The van der Waals surface area contributed by atoms with E-state index in [4.69, 9.17) is 18.6 Å². The van der Waals surface area contributed by atoms with Gasteiger partial charge in [0.05, 0.1) is 20.3 Å². The van der Waals surface area contributed by atoms with Crippen molar-refractivity contribution in [2.45, 2.75) is 63.5 Å². The van der Waals surface area contributed by atoms with Gasteiger partial charge in [0.15, 0.2) is 14.1 Å². The monoisotopic (exact) mass is 412 g/mol. The van der Waals surface area contributed by atoms with Crippen LogP contribution in [0.3, 0.4) is 0 Å². The quantitative estimate of drug-likeness (QED) is 0.361. The number of rotatable bonds is 7. The van der Waals surface area contributed by atoms with Crippen molar-refractivity contribution in [1.82, 2.24) is 0 Å². The van der Waals surface area contributed by atoms with Crippen LogP contribution in [0.4, 0.5) is 0 Å². The Morgan fingerprint density at radius 1 is 1.18 bits per heavy atom. The van der Waals surface area contributed by atoms with Crippen LogP contribution in [0.15, 0.2) is 12.2 Å².